The first-order valence-electron chi connectivity index (χ1n) is 9.53. The average Bonchev–Trinajstić information content (AvgIpc) is 2.89. The number of alkyl halides is 1. The summed E-state index contributed by atoms with van der Waals surface area (Å²) >= 11 is 6.76. The quantitative estimate of drug-likeness (QED) is 0.628. The molecular formula is C23H31ClN2. The molecule has 2 aromatic rings. The van der Waals surface area contributed by atoms with Gasteiger partial charge in [0.1, 0.15) is 6.17 Å². The zero-order chi connectivity index (χ0) is 19.2. The van der Waals surface area contributed by atoms with Crippen LogP contribution in [-0.2, 0) is 0 Å². The van der Waals surface area contributed by atoms with Gasteiger partial charge in [0, 0.05) is 24.5 Å². The van der Waals surface area contributed by atoms with Crippen molar-refractivity contribution in [3.8, 4) is 0 Å². The van der Waals surface area contributed by atoms with Crippen LogP contribution in [0.2, 0.25) is 0 Å². The van der Waals surface area contributed by atoms with Gasteiger partial charge in [0.05, 0.1) is 5.38 Å². The number of rotatable bonds is 3. The van der Waals surface area contributed by atoms with Crippen LogP contribution in [0, 0.1) is 41.5 Å². The molecule has 0 N–H and O–H groups in total. The fourth-order valence-corrected chi connectivity index (χ4v) is 5.16. The van der Waals surface area contributed by atoms with Gasteiger partial charge in [0.25, 0.3) is 0 Å². The molecule has 1 saturated heterocycles. The van der Waals surface area contributed by atoms with Crippen LogP contribution >= 0.6 is 11.6 Å². The molecule has 1 heterocycles. The van der Waals surface area contributed by atoms with Gasteiger partial charge in [-0.15, -0.1) is 11.6 Å². The lowest BCUT2D eigenvalue weighted by atomic mass is 10.0. The van der Waals surface area contributed by atoms with Crippen LogP contribution in [-0.4, -0.2) is 24.6 Å². The monoisotopic (exact) mass is 370 g/mol. The van der Waals surface area contributed by atoms with E-state index in [4.69, 9.17) is 11.6 Å². The zero-order valence-corrected chi connectivity index (χ0v) is 17.9. The molecule has 3 heteroatoms. The Morgan fingerprint density at radius 2 is 1.04 bits per heavy atom. The van der Waals surface area contributed by atoms with Crippen molar-refractivity contribution in [2.24, 2.45) is 0 Å². The first kappa shape index (κ1) is 19.1. The van der Waals surface area contributed by atoms with Gasteiger partial charge in [0.2, 0.25) is 0 Å². The summed E-state index contributed by atoms with van der Waals surface area (Å²) in [5.74, 6) is 0. The molecule has 1 aliphatic heterocycles. The van der Waals surface area contributed by atoms with Crippen molar-refractivity contribution in [1.29, 1.82) is 0 Å². The van der Waals surface area contributed by atoms with Crippen molar-refractivity contribution in [3.05, 3.63) is 57.6 Å². The molecule has 3 rings (SSSR count). The molecule has 0 unspecified atom stereocenters. The Morgan fingerprint density at radius 1 is 0.731 bits per heavy atom. The highest BCUT2D eigenvalue weighted by Gasteiger charge is 2.37. The van der Waals surface area contributed by atoms with Gasteiger partial charge in [-0.05, 0) is 70.7 Å². The summed E-state index contributed by atoms with van der Waals surface area (Å²) in [6.07, 6.45) is 0.164. The topological polar surface area (TPSA) is 6.48 Å². The molecule has 0 saturated carbocycles. The summed E-state index contributed by atoms with van der Waals surface area (Å²) in [4.78, 5) is 5.03. The molecule has 2 aromatic carbocycles. The minimum atomic E-state index is 0.0257. The predicted octanol–water partition coefficient (Wildman–Crippen LogP) is 5.82. The highest BCUT2D eigenvalue weighted by Crippen LogP contribution is 2.38. The van der Waals surface area contributed by atoms with E-state index in [9.17, 15) is 0 Å². The summed E-state index contributed by atoms with van der Waals surface area (Å²) in [6, 6.07) is 9.12. The van der Waals surface area contributed by atoms with E-state index in [2.05, 4.69) is 82.5 Å². The molecule has 2 nitrogen and oxygen atoms in total. The summed E-state index contributed by atoms with van der Waals surface area (Å²) in [5, 5.41) is 0.0257. The Balaban J connectivity index is 2.08. The van der Waals surface area contributed by atoms with Crippen LogP contribution in [0.1, 0.15) is 40.3 Å². The van der Waals surface area contributed by atoms with Crippen LogP contribution in [0.5, 0.6) is 0 Å². The smallest absolute Gasteiger partial charge is 0.118 e. The summed E-state index contributed by atoms with van der Waals surface area (Å²) in [6.45, 7) is 17.3. The van der Waals surface area contributed by atoms with Crippen molar-refractivity contribution < 1.29 is 0 Å². The van der Waals surface area contributed by atoms with E-state index >= 15 is 0 Å². The second kappa shape index (κ2) is 7.15. The molecule has 0 spiro atoms. The number of hydrogen-bond acceptors (Lipinski definition) is 2. The van der Waals surface area contributed by atoms with E-state index < -0.39 is 0 Å². The third-order valence-corrected chi connectivity index (χ3v) is 5.70. The van der Waals surface area contributed by atoms with Gasteiger partial charge in [-0.1, -0.05) is 35.4 Å². The van der Waals surface area contributed by atoms with E-state index in [1.807, 2.05) is 0 Å². The van der Waals surface area contributed by atoms with Gasteiger partial charge in [-0.3, -0.25) is 0 Å². The fraction of sp³-hybridized carbons (Fsp3) is 0.478. The molecule has 1 aliphatic rings. The average molecular weight is 371 g/mol. The summed E-state index contributed by atoms with van der Waals surface area (Å²) < 4.78 is 0. The van der Waals surface area contributed by atoms with Crippen LogP contribution < -0.4 is 9.80 Å². The van der Waals surface area contributed by atoms with Crippen molar-refractivity contribution in [3.63, 3.8) is 0 Å². The fourth-order valence-electron chi connectivity index (χ4n) is 4.88. The van der Waals surface area contributed by atoms with Crippen molar-refractivity contribution in [2.45, 2.75) is 60.0 Å². The maximum absolute atomic E-state index is 6.76. The molecule has 0 bridgehead atoms. The van der Waals surface area contributed by atoms with Gasteiger partial charge in [0.15, 0.2) is 0 Å². The van der Waals surface area contributed by atoms with Gasteiger partial charge in [-0.2, -0.15) is 0 Å². The highest BCUT2D eigenvalue weighted by molar-refractivity contribution is 6.21. The Labute approximate surface area is 163 Å². The minimum absolute atomic E-state index is 0.0257. The maximum Gasteiger partial charge on any atom is 0.118 e. The second-order valence-corrected chi connectivity index (χ2v) is 8.66. The first-order valence-corrected chi connectivity index (χ1v) is 9.97. The second-order valence-electron chi connectivity index (χ2n) is 7.97. The Bertz CT molecular complexity index is 713. The lowest BCUT2D eigenvalue weighted by Gasteiger charge is -2.37. The Morgan fingerprint density at radius 3 is 1.31 bits per heavy atom. The number of aryl methyl sites for hydroxylation is 6. The largest absolute Gasteiger partial charge is 0.348 e. The number of anilines is 2. The zero-order valence-electron chi connectivity index (χ0n) is 17.2. The highest BCUT2D eigenvalue weighted by atomic mass is 35.5. The number of benzene rings is 2. The SMILES string of the molecule is Cc1cc(C)c(N2CCN(c3c(C)cc(C)cc3C)C2[C@H](C)Cl)c(C)c1. The lowest BCUT2D eigenvalue weighted by molar-refractivity contribution is 0.648. The molecule has 0 aromatic heterocycles. The van der Waals surface area contributed by atoms with Crippen LogP contribution in [0.3, 0.4) is 0 Å². The van der Waals surface area contributed by atoms with Crippen LogP contribution in [0.25, 0.3) is 0 Å². The van der Waals surface area contributed by atoms with E-state index in [-0.39, 0.29) is 11.5 Å². The first-order chi connectivity index (χ1) is 12.2. The van der Waals surface area contributed by atoms with E-state index in [0.717, 1.165) is 13.1 Å². The molecule has 0 amide bonds. The maximum atomic E-state index is 6.76. The van der Waals surface area contributed by atoms with Crippen molar-refractivity contribution >= 4 is 23.0 Å². The van der Waals surface area contributed by atoms with E-state index in [1.165, 1.54) is 44.8 Å². The normalized spacial score (nSPS) is 16.5. The molecule has 1 fully saturated rings. The lowest BCUT2D eigenvalue weighted by Crippen LogP contribution is -2.45. The van der Waals surface area contributed by atoms with Gasteiger partial charge >= 0.3 is 0 Å². The van der Waals surface area contributed by atoms with Gasteiger partial charge < -0.3 is 9.80 Å². The number of halogens is 1. The standard InChI is InChI=1S/C23H31ClN2/c1-14-10-16(3)21(17(4)11-14)25-8-9-26(23(25)20(7)24)22-18(5)12-15(2)13-19(22)6/h10-13,20,23H,8-9H2,1-7H3/t20-/m0/s1. The van der Waals surface area contributed by atoms with Crippen LogP contribution in [0.15, 0.2) is 24.3 Å². The van der Waals surface area contributed by atoms with Crippen LogP contribution in [0.4, 0.5) is 11.4 Å². The van der Waals surface area contributed by atoms with Gasteiger partial charge in [-0.25, -0.2) is 0 Å². The molecule has 0 aliphatic carbocycles. The Hall–Kier alpha value is -1.67. The molecule has 140 valence electrons. The molecule has 1 atom stereocenters. The Kier molecular flexibility index (Phi) is 5.25. The third kappa shape index (κ3) is 3.32. The molecule has 26 heavy (non-hydrogen) atoms. The summed E-state index contributed by atoms with van der Waals surface area (Å²) in [7, 11) is 0. The third-order valence-electron chi connectivity index (χ3n) is 5.48. The molecule has 0 radical (unpaired) electrons. The van der Waals surface area contributed by atoms with Crippen molar-refractivity contribution in [1.82, 2.24) is 0 Å². The predicted molar refractivity (Wildman–Crippen MR) is 115 cm³/mol. The number of hydrogen-bond donors (Lipinski definition) is 0. The summed E-state index contributed by atoms with van der Waals surface area (Å²) in [5.41, 5.74) is 10.7. The molecular weight excluding hydrogens is 340 g/mol. The minimum Gasteiger partial charge on any atom is -0.348 e. The van der Waals surface area contributed by atoms with E-state index in [0.29, 0.717) is 0 Å². The number of nitrogens with zero attached hydrogens (tertiary/aromatic N) is 2. The van der Waals surface area contributed by atoms with Crippen molar-refractivity contribution in [2.75, 3.05) is 22.9 Å². The van der Waals surface area contributed by atoms with E-state index in [1.54, 1.807) is 0 Å².